The molecule has 0 aliphatic carbocycles. The van der Waals surface area contributed by atoms with Crippen LogP contribution in [0.15, 0.2) is 30.6 Å². The fourth-order valence-corrected chi connectivity index (χ4v) is 2.21. The van der Waals surface area contributed by atoms with Crippen LogP contribution >= 0.6 is 0 Å². The normalized spacial score (nSPS) is 12.4. The molecule has 1 atom stereocenters. The first kappa shape index (κ1) is 13.6. The molecule has 4 heteroatoms. The van der Waals surface area contributed by atoms with Crippen LogP contribution in [0.5, 0.6) is 5.75 Å². The molecule has 0 amide bonds. The van der Waals surface area contributed by atoms with Crippen LogP contribution in [-0.4, -0.2) is 22.7 Å². The van der Waals surface area contributed by atoms with Gasteiger partial charge in [0.25, 0.3) is 0 Å². The van der Waals surface area contributed by atoms with Gasteiger partial charge in [0.2, 0.25) is 0 Å². The molecule has 102 valence electrons. The van der Waals surface area contributed by atoms with Gasteiger partial charge in [0.15, 0.2) is 0 Å². The molecule has 0 bridgehead atoms. The van der Waals surface area contributed by atoms with E-state index < -0.39 is 0 Å². The van der Waals surface area contributed by atoms with Gasteiger partial charge in [-0.25, -0.2) is 4.98 Å². The van der Waals surface area contributed by atoms with Gasteiger partial charge in [-0.15, -0.1) is 0 Å². The molecular weight excluding hydrogens is 238 g/mol. The van der Waals surface area contributed by atoms with Crippen molar-refractivity contribution >= 4 is 0 Å². The summed E-state index contributed by atoms with van der Waals surface area (Å²) in [5.74, 6) is 1.90. The number of hydrogen-bond donors (Lipinski definition) is 1. The molecule has 1 aromatic heterocycles. The Morgan fingerprint density at radius 1 is 1.42 bits per heavy atom. The highest BCUT2D eigenvalue weighted by molar-refractivity contribution is 5.38. The molecule has 19 heavy (non-hydrogen) atoms. The van der Waals surface area contributed by atoms with Crippen LogP contribution in [0.2, 0.25) is 0 Å². The zero-order chi connectivity index (χ0) is 13.8. The molecular formula is C15H21N3O. The summed E-state index contributed by atoms with van der Waals surface area (Å²) < 4.78 is 7.53. The molecule has 0 spiro atoms. The summed E-state index contributed by atoms with van der Waals surface area (Å²) in [5.41, 5.74) is 8.25. The first-order valence-electron chi connectivity index (χ1n) is 6.49. The molecule has 1 heterocycles. The Hall–Kier alpha value is -1.81. The lowest BCUT2D eigenvalue weighted by atomic mass is 10.0. The second-order valence-electron chi connectivity index (χ2n) is 4.93. The maximum atomic E-state index is 5.86. The van der Waals surface area contributed by atoms with Crippen molar-refractivity contribution in [1.29, 1.82) is 0 Å². The zero-order valence-electron chi connectivity index (χ0n) is 11.8. The molecule has 0 aliphatic heterocycles. The fraction of sp³-hybridized carbons (Fsp3) is 0.400. The molecule has 0 saturated carbocycles. The summed E-state index contributed by atoms with van der Waals surface area (Å²) in [5, 5.41) is 0. The van der Waals surface area contributed by atoms with E-state index in [-0.39, 0.29) is 6.04 Å². The minimum absolute atomic E-state index is 0.163. The average molecular weight is 259 g/mol. The number of imidazole rings is 1. The second kappa shape index (κ2) is 5.89. The number of methoxy groups -OCH3 is 1. The van der Waals surface area contributed by atoms with Gasteiger partial charge >= 0.3 is 0 Å². The van der Waals surface area contributed by atoms with Crippen LogP contribution in [0.1, 0.15) is 23.9 Å². The maximum Gasteiger partial charge on any atom is 0.123 e. The Morgan fingerprint density at radius 2 is 2.21 bits per heavy atom. The zero-order valence-corrected chi connectivity index (χ0v) is 11.8. The first-order valence-corrected chi connectivity index (χ1v) is 6.49. The van der Waals surface area contributed by atoms with Crippen molar-refractivity contribution in [2.75, 3.05) is 7.11 Å². The lowest BCUT2D eigenvalue weighted by molar-refractivity contribution is 0.408. The molecule has 0 aliphatic rings. The SMILES string of the molecule is COc1ccc(CC(C)N)cc1Cn1ccnc1C. The Balaban J connectivity index is 2.28. The van der Waals surface area contributed by atoms with Crippen molar-refractivity contribution < 1.29 is 4.74 Å². The highest BCUT2D eigenvalue weighted by Gasteiger charge is 2.08. The van der Waals surface area contributed by atoms with E-state index in [1.807, 2.05) is 32.3 Å². The Kier molecular flexibility index (Phi) is 4.22. The maximum absolute atomic E-state index is 5.86. The Morgan fingerprint density at radius 3 is 2.79 bits per heavy atom. The van der Waals surface area contributed by atoms with E-state index in [0.717, 1.165) is 30.1 Å². The molecule has 2 rings (SSSR count). The second-order valence-corrected chi connectivity index (χ2v) is 4.93. The third kappa shape index (κ3) is 3.35. The highest BCUT2D eigenvalue weighted by atomic mass is 16.5. The van der Waals surface area contributed by atoms with Crippen molar-refractivity contribution in [3.63, 3.8) is 0 Å². The Bertz CT molecular complexity index is 546. The van der Waals surface area contributed by atoms with Gasteiger partial charge in [-0.2, -0.15) is 0 Å². The number of aryl methyl sites for hydroxylation is 1. The number of nitrogens with two attached hydrogens (primary N) is 1. The quantitative estimate of drug-likeness (QED) is 0.895. The largest absolute Gasteiger partial charge is 0.496 e. The van der Waals surface area contributed by atoms with Crippen LogP contribution in [0.25, 0.3) is 0 Å². The molecule has 2 N–H and O–H groups in total. The van der Waals surface area contributed by atoms with Gasteiger partial charge < -0.3 is 15.0 Å². The van der Waals surface area contributed by atoms with Crippen LogP contribution in [0, 0.1) is 6.92 Å². The first-order chi connectivity index (χ1) is 9.10. The third-order valence-corrected chi connectivity index (χ3v) is 3.17. The standard InChI is InChI=1S/C15H21N3O/c1-11(16)8-13-4-5-15(19-3)14(9-13)10-18-7-6-17-12(18)2/h4-7,9,11H,8,10,16H2,1-3H3. The number of rotatable bonds is 5. The predicted molar refractivity (Wildman–Crippen MR) is 76.4 cm³/mol. The van der Waals surface area contributed by atoms with Gasteiger partial charge in [0.1, 0.15) is 11.6 Å². The molecule has 1 unspecified atom stereocenters. The van der Waals surface area contributed by atoms with Gasteiger partial charge in [-0.3, -0.25) is 0 Å². The summed E-state index contributed by atoms with van der Waals surface area (Å²) in [6.07, 6.45) is 4.67. The molecule has 1 aromatic carbocycles. The highest BCUT2D eigenvalue weighted by Crippen LogP contribution is 2.22. The number of ether oxygens (including phenoxy) is 1. The van der Waals surface area contributed by atoms with Crippen molar-refractivity contribution in [2.24, 2.45) is 5.73 Å². The summed E-state index contributed by atoms with van der Waals surface area (Å²) in [7, 11) is 1.70. The van der Waals surface area contributed by atoms with Gasteiger partial charge in [0.05, 0.1) is 13.7 Å². The van der Waals surface area contributed by atoms with Crippen molar-refractivity contribution in [1.82, 2.24) is 9.55 Å². The summed E-state index contributed by atoms with van der Waals surface area (Å²) >= 11 is 0. The topological polar surface area (TPSA) is 53.1 Å². The van der Waals surface area contributed by atoms with Crippen molar-refractivity contribution in [2.45, 2.75) is 32.9 Å². The lowest BCUT2D eigenvalue weighted by Crippen LogP contribution is -2.18. The molecule has 2 aromatic rings. The molecule has 0 fully saturated rings. The van der Waals surface area contributed by atoms with E-state index in [0.29, 0.717) is 0 Å². The number of aromatic nitrogens is 2. The van der Waals surface area contributed by atoms with Crippen LogP contribution in [0.3, 0.4) is 0 Å². The number of benzene rings is 1. The van der Waals surface area contributed by atoms with Crippen LogP contribution in [-0.2, 0) is 13.0 Å². The monoisotopic (exact) mass is 259 g/mol. The molecule has 0 radical (unpaired) electrons. The minimum atomic E-state index is 0.163. The third-order valence-electron chi connectivity index (χ3n) is 3.17. The lowest BCUT2D eigenvalue weighted by Gasteiger charge is -2.13. The van der Waals surface area contributed by atoms with Gasteiger partial charge in [-0.05, 0) is 31.9 Å². The van der Waals surface area contributed by atoms with E-state index in [1.165, 1.54) is 5.56 Å². The number of hydrogen-bond acceptors (Lipinski definition) is 3. The average Bonchev–Trinajstić information content (AvgIpc) is 2.75. The van der Waals surface area contributed by atoms with E-state index in [1.54, 1.807) is 7.11 Å². The van der Waals surface area contributed by atoms with E-state index in [2.05, 4.69) is 21.7 Å². The summed E-state index contributed by atoms with van der Waals surface area (Å²) in [6, 6.07) is 6.42. The van der Waals surface area contributed by atoms with Crippen molar-refractivity contribution in [3.05, 3.63) is 47.5 Å². The predicted octanol–water partition coefficient (Wildman–Crippen LogP) is 2.14. The molecule has 4 nitrogen and oxygen atoms in total. The minimum Gasteiger partial charge on any atom is -0.496 e. The van der Waals surface area contributed by atoms with Crippen LogP contribution in [0.4, 0.5) is 0 Å². The summed E-state index contributed by atoms with van der Waals surface area (Å²) in [4.78, 5) is 4.24. The van der Waals surface area contributed by atoms with E-state index >= 15 is 0 Å². The van der Waals surface area contributed by atoms with E-state index in [9.17, 15) is 0 Å². The van der Waals surface area contributed by atoms with Crippen LogP contribution < -0.4 is 10.5 Å². The molecule has 0 saturated heterocycles. The number of nitrogens with zero attached hydrogens (tertiary/aromatic N) is 2. The smallest absolute Gasteiger partial charge is 0.123 e. The Labute approximate surface area is 114 Å². The van der Waals surface area contributed by atoms with E-state index in [4.69, 9.17) is 10.5 Å². The fourth-order valence-electron chi connectivity index (χ4n) is 2.21. The van der Waals surface area contributed by atoms with Crippen molar-refractivity contribution in [3.8, 4) is 5.75 Å². The van der Waals surface area contributed by atoms with Gasteiger partial charge in [-0.1, -0.05) is 12.1 Å². The summed E-state index contributed by atoms with van der Waals surface area (Å²) in [6.45, 7) is 4.78. The van der Waals surface area contributed by atoms with Gasteiger partial charge in [0, 0.05) is 24.0 Å².